The first-order valence-corrected chi connectivity index (χ1v) is 7.14. The minimum atomic E-state index is -0.873. The molecular formula is C14H24BNO4. The molecule has 1 N–H and O–H groups in total. The van der Waals surface area contributed by atoms with Crippen molar-refractivity contribution in [1.82, 2.24) is 4.90 Å². The van der Waals surface area contributed by atoms with E-state index < -0.39 is 6.09 Å². The maximum absolute atomic E-state index is 11.0. The van der Waals surface area contributed by atoms with Gasteiger partial charge in [0, 0.05) is 13.1 Å². The Labute approximate surface area is 121 Å². The molecule has 1 heterocycles. The molecule has 112 valence electrons. The molecule has 1 aliphatic heterocycles. The highest BCUT2D eigenvalue weighted by Gasteiger charge is 2.52. The number of amides is 1. The molecule has 5 nitrogen and oxygen atoms in total. The molecule has 1 saturated heterocycles. The van der Waals surface area contributed by atoms with Crippen molar-refractivity contribution < 1.29 is 19.2 Å². The van der Waals surface area contributed by atoms with Crippen LogP contribution < -0.4 is 0 Å². The van der Waals surface area contributed by atoms with Gasteiger partial charge in [0.2, 0.25) is 0 Å². The minimum absolute atomic E-state index is 0.0543. The quantitative estimate of drug-likeness (QED) is 0.791. The summed E-state index contributed by atoms with van der Waals surface area (Å²) in [5.74, 6) is 0. The summed E-state index contributed by atoms with van der Waals surface area (Å²) in [5.41, 5.74) is 0.485. The Morgan fingerprint density at radius 2 is 1.90 bits per heavy atom. The third-order valence-electron chi connectivity index (χ3n) is 4.82. The van der Waals surface area contributed by atoms with Crippen molar-refractivity contribution in [2.75, 3.05) is 7.05 Å². The van der Waals surface area contributed by atoms with E-state index in [1.807, 2.05) is 27.7 Å². The van der Waals surface area contributed by atoms with Crippen LogP contribution in [-0.4, -0.2) is 47.5 Å². The molecule has 0 aromatic heterocycles. The predicted octanol–water partition coefficient (Wildman–Crippen LogP) is 2.71. The molecule has 1 fully saturated rings. The highest BCUT2D eigenvalue weighted by molar-refractivity contribution is 6.54. The second-order valence-corrected chi connectivity index (χ2v) is 6.69. The van der Waals surface area contributed by atoms with Crippen LogP contribution in [0.5, 0.6) is 0 Å². The number of hydrogen-bond donors (Lipinski definition) is 1. The van der Waals surface area contributed by atoms with Crippen LogP contribution in [-0.2, 0) is 9.31 Å². The van der Waals surface area contributed by atoms with Gasteiger partial charge in [-0.1, -0.05) is 6.08 Å². The average Bonchev–Trinajstić information content (AvgIpc) is 2.57. The molecule has 1 amide bonds. The smallest absolute Gasteiger partial charge is 0.465 e. The summed E-state index contributed by atoms with van der Waals surface area (Å²) >= 11 is 0. The van der Waals surface area contributed by atoms with Crippen LogP contribution >= 0.6 is 0 Å². The van der Waals surface area contributed by atoms with Crippen molar-refractivity contribution in [3.05, 3.63) is 11.5 Å². The second-order valence-electron chi connectivity index (χ2n) is 6.69. The first-order chi connectivity index (χ1) is 9.14. The lowest BCUT2D eigenvalue weighted by atomic mass is 9.71. The average molecular weight is 281 g/mol. The molecule has 1 aliphatic carbocycles. The first-order valence-electron chi connectivity index (χ1n) is 7.14. The third-order valence-corrected chi connectivity index (χ3v) is 4.82. The van der Waals surface area contributed by atoms with Gasteiger partial charge in [0.15, 0.2) is 0 Å². The highest BCUT2D eigenvalue weighted by atomic mass is 16.7. The van der Waals surface area contributed by atoms with Crippen molar-refractivity contribution in [3.63, 3.8) is 0 Å². The van der Waals surface area contributed by atoms with E-state index in [1.54, 1.807) is 7.05 Å². The summed E-state index contributed by atoms with van der Waals surface area (Å²) in [6, 6.07) is 0.0543. The number of nitrogens with zero attached hydrogens (tertiary/aromatic N) is 1. The number of rotatable bonds is 2. The van der Waals surface area contributed by atoms with Crippen LogP contribution in [0, 0.1) is 0 Å². The summed E-state index contributed by atoms with van der Waals surface area (Å²) < 4.78 is 12.1. The fourth-order valence-corrected chi connectivity index (χ4v) is 2.56. The maximum atomic E-state index is 11.0. The Balaban J connectivity index is 2.02. The van der Waals surface area contributed by atoms with Crippen LogP contribution in [0.15, 0.2) is 11.5 Å². The number of allylic oxidation sites excluding steroid dienone is 1. The van der Waals surface area contributed by atoms with Crippen molar-refractivity contribution in [2.45, 2.75) is 64.2 Å². The molecule has 20 heavy (non-hydrogen) atoms. The topological polar surface area (TPSA) is 59.0 Å². The van der Waals surface area contributed by atoms with E-state index in [4.69, 9.17) is 14.4 Å². The van der Waals surface area contributed by atoms with E-state index in [1.165, 1.54) is 4.90 Å². The molecule has 0 radical (unpaired) electrons. The van der Waals surface area contributed by atoms with E-state index in [2.05, 4.69) is 6.08 Å². The van der Waals surface area contributed by atoms with E-state index >= 15 is 0 Å². The predicted molar refractivity (Wildman–Crippen MR) is 77.6 cm³/mol. The van der Waals surface area contributed by atoms with Gasteiger partial charge in [-0.3, -0.25) is 0 Å². The Bertz CT molecular complexity index is 417. The highest BCUT2D eigenvalue weighted by Crippen LogP contribution is 2.40. The minimum Gasteiger partial charge on any atom is -0.465 e. The van der Waals surface area contributed by atoms with Gasteiger partial charge in [0.25, 0.3) is 0 Å². The normalized spacial score (nSPS) is 28.1. The molecule has 0 saturated carbocycles. The van der Waals surface area contributed by atoms with Gasteiger partial charge in [0.05, 0.1) is 11.2 Å². The standard InChI is InChI=1S/C14H24BNO4/c1-13(2)14(3,4)20-15(19-13)10-6-8-11(9-7-10)16(5)12(17)18/h6,11H,7-9H2,1-5H3,(H,17,18). The van der Waals surface area contributed by atoms with Crippen molar-refractivity contribution >= 4 is 13.2 Å². The van der Waals surface area contributed by atoms with Gasteiger partial charge < -0.3 is 19.3 Å². The van der Waals surface area contributed by atoms with Gasteiger partial charge in [-0.25, -0.2) is 4.79 Å². The zero-order valence-corrected chi connectivity index (χ0v) is 13.0. The van der Waals surface area contributed by atoms with Crippen LogP contribution in [0.2, 0.25) is 0 Å². The summed E-state index contributed by atoms with van der Waals surface area (Å²) in [5, 5.41) is 9.00. The van der Waals surface area contributed by atoms with Gasteiger partial charge >= 0.3 is 13.2 Å². The molecule has 0 spiro atoms. The fourth-order valence-electron chi connectivity index (χ4n) is 2.56. The lowest BCUT2D eigenvalue weighted by Crippen LogP contribution is -2.41. The molecule has 0 aromatic carbocycles. The van der Waals surface area contributed by atoms with Crippen molar-refractivity contribution in [2.24, 2.45) is 0 Å². The van der Waals surface area contributed by atoms with Crippen LogP contribution in [0.1, 0.15) is 47.0 Å². The molecule has 1 atom stereocenters. The van der Waals surface area contributed by atoms with E-state index in [9.17, 15) is 4.79 Å². The maximum Gasteiger partial charge on any atom is 0.490 e. The van der Waals surface area contributed by atoms with Gasteiger partial charge in [-0.15, -0.1) is 0 Å². The van der Waals surface area contributed by atoms with E-state index in [0.29, 0.717) is 0 Å². The zero-order valence-electron chi connectivity index (χ0n) is 13.0. The van der Waals surface area contributed by atoms with E-state index in [-0.39, 0.29) is 24.4 Å². The lowest BCUT2D eigenvalue weighted by Gasteiger charge is -2.32. The van der Waals surface area contributed by atoms with Gasteiger partial charge in [-0.05, 0) is 52.4 Å². The lowest BCUT2D eigenvalue weighted by molar-refractivity contribution is 0.00578. The van der Waals surface area contributed by atoms with Crippen LogP contribution in [0.4, 0.5) is 4.79 Å². The molecule has 0 aromatic rings. The van der Waals surface area contributed by atoms with Crippen molar-refractivity contribution in [3.8, 4) is 0 Å². The monoisotopic (exact) mass is 281 g/mol. The third kappa shape index (κ3) is 2.72. The van der Waals surface area contributed by atoms with Crippen LogP contribution in [0.3, 0.4) is 0 Å². The zero-order chi connectivity index (χ0) is 15.1. The van der Waals surface area contributed by atoms with Gasteiger partial charge in [-0.2, -0.15) is 0 Å². The Morgan fingerprint density at radius 1 is 1.35 bits per heavy atom. The Kier molecular flexibility index (Phi) is 3.91. The molecule has 1 unspecified atom stereocenters. The summed E-state index contributed by atoms with van der Waals surface area (Å²) in [6.07, 6.45) is 3.57. The molecule has 2 aliphatic rings. The number of hydrogen-bond acceptors (Lipinski definition) is 3. The number of carbonyl (C=O) groups is 1. The van der Waals surface area contributed by atoms with E-state index in [0.717, 1.165) is 24.7 Å². The van der Waals surface area contributed by atoms with Crippen molar-refractivity contribution in [1.29, 1.82) is 0 Å². The summed E-state index contributed by atoms with van der Waals surface area (Å²) in [7, 11) is 1.33. The molecule has 6 heteroatoms. The Morgan fingerprint density at radius 3 is 2.30 bits per heavy atom. The largest absolute Gasteiger partial charge is 0.490 e. The SMILES string of the molecule is CN(C(=O)O)C1CC=C(B2OC(C)(C)C(C)(C)O2)CC1. The molecule has 2 rings (SSSR count). The summed E-state index contributed by atoms with van der Waals surface area (Å²) in [4.78, 5) is 12.3. The fraction of sp³-hybridized carbons (Fsp3) is 0.786. The second kappa shape index (κ2) is 5.08. The first kappa shape index (κ1) is 15.4. The summed E-state index contributed by atoms with van der Waals surface area (Å²) in [6.45, 7) is 8.16. The number of carboxylic acid groups (broad SMARTS) is 1. The van der Waals surface area contributed by atoms with Gasteiger partial charge in [0.1, 0.15) is 0 Å². The Hall–Kier alpha value is -1.01. The molecular weight excluding hydrogens is 257 g/mol. The van der Waals surface area contributed by atoms with Crippen LogP contribution in [0.25, 0.3) is 0 Å². The molecule has 0 bridgehead atoms.